The molecule has 2 aromatic carbocycles. The molecule has 0 radical (unpaired) electrons. The number of aliphatic hydroxyl groups excluding tert-OH is 1. The molecule has 0 bridgehead atoms. The van der Waals surface area contributed by atoms with Gasteiger partial charge in [0.1, 0.15) is 11.1 Å². The van der Waals surface area contributed by atoms with E-state index in [9.17, 15) is 19.8 Å². The molecule has 1 fully saturated rings. The first-order valence-electron chi connectivity index (χ1n) is 16.9. The lowest BCUT2D eigenvalue weighted by atomic mass is 9.94. The standard InChI is InChI=1S/C39H40N8O4/c1-23-28(8-5-10-30(23)42-36-35-26(13-15-40-36)18-25(20-41-35)21-46-17-14-27(48)22-46)29-9-6-11-31(24(29)2)43-37(49)33-19-34-32(12-7-16-47(34)45-33)44-39(3,4)38(50)51/h5-13,15-16,18-20,27,44,48H,14,17,21-22H2,1-4H3,(H,40,42)(H,43,49)(H,50,51)/t27-/m1/s1. The van der Waals surface area contributed by atoms with Crippen LogP contribution in [0.1, 0.15) is 47.4 Å². The summed E-state index contributed by atoms with van der Waals surface area (Å²) < 4.78 is 1.56. The highest BCUT2D eigenvalue weighted by atomic mass is 16.4. The zero-order valence-electron chi connectivity index (χ0n) is 28.9. The number of anilines is 4. The highest BCUT2D eigenvalue weighted by molar-refractivity contribution is 6.05. The van der Waals surface area contributed by atoms with E-state index in [1.807, 2.05) is 49.5 Å². The van der Waals surface area contributed by atoms with Crippen LogP contribution in [0.3, 0.4) is 0 Å². The molecular formula is C39H40N8O4. The Hall–Kier alpha value is -5.85. The van der Waals surface area contributed by atoms with Gasteiger partial charge in [-0.05, 0) is 104 Å². The third-order valence-electron chi connectivity index (χ3n) is 9.48. The number of benzene rings is 2. The molecule has 12 heteroatoms. The first-order valence-corrected chi connectivity index (χ1v) is 16.9. The number of aliphatic carboxylic acids is 1. The number of hydrogen-bond donors (Lipinski definition) is 5. The third-order valence-corrected chi connectivity index (χ3v) is 9.48. The molecule has 6 aromatic rings. The van der Waals surface area contributed by atoms with E-state index in [0.29, 0.717) is 29.3 Å². The van der Waals surface area contributed by atoms with Gasteiger partial charge in [-0.25, -0.2) is 14.3 Å². The number of nitrogens with one attached hydrogen (secondary N) is 3. The third kappa shape index (κ3) is 6.83. The monoisotopic (exact) mass is 684 g/mol. The Kier molecular flexibility index (Phi) is 8.88. The number of nitrogens with zero attached hydrogens (tertiary/aromatic N) is 5. The van der Waals surface area contributed by atoms with Gasteiger partial charge in [-0.3, -0.25) is 14.7 Å². The first kappa shape index (κ1) is 33.6. The molecule has 1 saturated heterocycles. The van der Waals surface area contributed by atoms with Crippen molar-refractivity contribution in [2.24, 2.45) is 0 Å². The number of carboxylic acids is 1. The van der Waals surface area contributed by atoms with Crippen LogP contribution in [0.25, 0.3) is 27.5 Å². The summed E-state index contributed by atoms with van der Waals surface area (Å²) in [7, 11) is 0. The van der Waals surface area contributed by atoms with Crippen LogP contribution >= 0.6 is 0 Å². The maximum Gasteiger partial charge on any atom is 0.328 e. The Morgan fingerprint density at radius 2 is 1.67 bits per heavy atom. The van der Waals surface area contributed by atoms with E-state index < -0.39 is 11.5 Å². The summed E-state index contributed by atoms with van der Waals surface area (Å²) in [6.45, 7) is 9.48. The smallest absolute Gasteiger partial charge is 0.328 e. The van der Waals surface area contributed by atoms with Crippen molar-refractivity contribution in [1.29, 1.82) is 0 Å². The summed E-state index contributed by atoms with van der Waals surface area (Å²) in [4.78, 5) is 36.9. The van der Waals surface area contributed by atoms with Crippen LogP contribution in [-0.2, 0) is 11.3 Å². The number of β-amino-alcohol motifs (C(OH)–C–C–N with tert-alkyl or cyclic N) is 1. The SMILES string of the molecule is Cc1c(NC(=O)c2cc3c(NC(C)(C)C(=O)O)cccn3n2)cccc1-c1cccc(Nc2nccc3cc(CN4CC[C@@H](O)C4)cnc23)c1C. The lowest BCUT2D eigenvalue weighted by Gasteiger charge is -2.22. The maximum atomic E-state index is 13.5. The highest BCUT2D eigenvalue weighted by Gasteiger charge is 2.28. The minimum absolute atomic E-state index is 0.197. The van der Waals surface area contributed by atoms with Gasteiger partial charge in [-0.1, -0.05) is 24.3 Å². The number of pyridine rings is 3. The summed E-state index contributed by atoms with van der Waals surface area (Å²) in [5.41, 5.74) is 7.39. The summed E-state index contributed by atoms with van der Waals surface area (Å²) in [5.74, 6) is -0.725. The molecule has 0 unspecified atom stereocenters. The number of carboxylic acid groups (broad SMARTS) is 1. The fourth-order valence-corrected chi connectivity index (χ4v) is 6.56. The zero-order chi connectivity index (χ0) is 35.9. The van der Waals surface area contributed by atoms with Crippen molar-refractivity contribution in [3.05, 3.63) is 108 Å². The Morgan fingerprint density at radius 3 is 2.39 bits per heavy atom. The topological polar surface area (TPSA) is 157 Å². The molecule has 1 amide bonds. The van der Waals surface area contributed by atoms with Crippen LogP contribution in [0.4, 0.5) is 22.9 Å². The predicted molar refractivity (Wildman–Crippen MR) is 199 cm³/mol. The van der Waals surface area contributed by atoms with Gasteiger partial charge in [0, 0.05) is 55.0 Å². The molecule has 1 aliphatic heterocycles. The zero-order valence-corrected chi connectivity index (χ0v) is 28.9. The van der Waals surface area contributed by atoms with Gasteiger partial charge >= 0.3 is 5.97 Å². The average molecular weight is 685 g/mol. The van der Waals surface area contributed by atoms with Crippen LogP contribution in [-0.4, -0.2) is 71.3 Å². The van der Waals surface area contributed by atoms with E-state index in [4.69, 9.17) is 4.98 Å². The summed E-state index contributed by atoms with van der Waals surface area (Å²) in [5, 5.41) is 34.5. The first-order chi connectivity index (χ1) is 24.5. The van der Waals surface area contributed by atoms with E-state index in [1.165, 1.54) is 0 Å². The second-order valence-corrected chi connectivity index (χ2v) is 13.6. The number of amides is 1. The van der Waals surface area contributed by atoms with Crippen molar-refractivity contribution < 1.29 is 19.8 Å². The highest BCUT2D eigenvalue weighted by Crippen LogP contribution is 2.35. The number of aliphatic hydroxyl groups is 1. The van der Waals surface area contributed by atoms with Gasteiger partial charge in [0.05, 0.1) is 17.3 Å². The number of fused-ring (bicyclic) bond motifs is 2. The van der Waals surface area contributed by atoms with E-state index >= 15 is 0 Å². The number of carbonyl (C=O) groups excluding carboxylic acids is 1. The molecular weight excluding hydrogens is 644 g/mol. The second kappa shape index (κ2) is 13.5. The molecule has 5 heterocycles. The normalized spacial score (nSPS) is 15.0. The van der Waals surface area contributed by atoms with E-state index in [2.05, 4.69) is 50.0 Å². The molecule has 4 aromatic heterocycles. The Labute approximate surface area is 295 Å². The van der Waals surface area contributed by atoms with Crippen molar-refractivity contribution >= 4 is 51.2 Å². The van der Waals surface area contributed by atoms with Crippen LogP contribution in [0.2, 0.25) is 0 Å². The van der Waals surface area contributed by atoms with E-state index in [-0.39, 0.29) is 17.7 Å². The average Bonchev–Trinajstić information content (AvgIpc) is 3.73. The molecule has 7 rings (SSSR count). The van der Waals surface area contributed by atoms with Crippen molar-refractivity contribution in [3.63, 3.8) is 0 Å². The van der Waals surface area contributed by atoms with Crippen molar-refractivity contribution in [3.8, 4) is 11.1 Å². The maximum absolute atomic E-state index is 13.5. The number of carbonyl (C=O) groups is 2. The van der Waals surface area contributed by atoms with Gasteiger partial charge < -0.3 is 26.2 Å². The van der Waals surface area contributed by atoms with Crippen LogP contribution in [0, 0.1) is 13.8 Å². The fraction of sp³-hybridized carbons (Fsp3) is 0.256. The lowest BCUT2D eigenvalue weighted by molar-refractivity contribution is -0.141. The molecule has 1 atom stereocenters. The van der Waals surface area contributed by atoms with Crippen LogP contribution in [0.15, 0.2) is 85.3 Å². The van der Waals surface area contributed by atoms with Gasteiger partial charge in [0.25, 0.3) is 5.91 Å². The van der Waals surface area contributed by atoms with E-state index in [1.54, 1.807) is 49.0 Å². The summed E-state index contributed by atoms with van der Waals surface area (Å²) in [6, 6.07) is 21.1. The van der Waals surface area contributed by atoms with Crippen molar-refractivity contribution in [2.45, 2.75) is 52.3 Å². The molecule has 0 saturated carbocycles. The number of rotatable bonds is 10. The minimum Gasteiger partial charge on any atom is -0.480 e. The Morgan fingerprint density at radius 1 is 0.941 bits per heavy atom. The van der Waals surface area contributed by atoms with Gasteiger partial charge in [0.2, 0.25) is 0 Å². The number of hydrogen-bond acceptors (Lipinski definition) is 9. The lowest BCUT2D eigenvalue weighted by Crippen LogP contribution is -2.40. The quantitative estimate of drug-likeness (QED) is 0.109. The largest absolute Gasteiger partial charge is 0.480 e. The summed E-state index contributed by atoms with van der Waals surface area (Å²) in [6.07, 6.45) is 5.92. The molecule has 260 valence electrons. The number of likely N-dealkylation sites (tertiary alicyclic amines) is 1. The Balaban J connectivity index is 1.12. The Bertz CT molecular complexity index is 2300. The second-order valence-electron chi connectivity index (χ2n) is 13.6. The predicted octanol–water partition coefficient (Wildman–Crippen LogP) is 6.40. The molecule has 12 nitrogen and oxygen atoms in total. The van der Waals surface area contributed by atoms with Gasteiger partial charge in [-0.2, -0.15) is 5.10 Å². The van der Waals surface area contributed by atoms with Crippen LogP contribution in [0.5, 0.6) is 0 Å². The van der Waals surface area contributed by atoms with Gasteiger partial charge in [-0.15, -0.1) is 0 Å². The fourth-order valence-electron chi connectivity index (χ4n) is 6.56. The summed E-state index contributed by atoms with van der Waals surface area (Å²) >= 11 is 0. The molecule has 1 aliphatic rings. The molecule has 5 N–H and O–H groups in total. The molecule has 0 spiro atoms. The minimum atomic E-state index is -1.22. The van der Waals surface area contributed by atoms with Crippen molar-refractivity contribution in [1.82, 2.24) is 24.5 Å². The molecule has 0 aliphatic carbocycles. The van der Waals surface area contributed by atoms with Crippen LogP contribution < -0.4 is 16.0 Å². The van der Waals surface area contributed by atoms with Gasteiger partial charge in [0.15, 0.2) is 11.5 Å². The molecule has 51 heavy (non-hydrogen) atoms. The van der Waals surface area contributed by atoms with Crippen molar-refractivity contribution in [2.75, 3.05) is 29.0 Å². The number of aromatic nitrogens is 4. The van der Waals surface area contributed by atoms with E-state index in [0.717, 1.165) is 63.9 Å².